The van der Waals surface area contributed by atoms with Crippen LogP contribution >= 0.6 is 0 Å². The van der Waals surface area contributed by atoms with Gasteiger partial charge in [-0.1, -0.05) is 52.8 Å². The van der Waals surface area contributed by atoms with Crippen molar-refractivity contribution < 1.29 is 14.4 Å². The Kier molecular flexibility index (Phi) is 6.63. The van der Waals surface area contributed by atoms with Crippen molar-refractivity contribution in [1.82, 2.24) is 9.80 Å². The SMILES string of the molecule is CC(C)c1ccccc1NC(=O)C(=O)N1CCCN(C(=O)C(C)(C)C)CC1. The number of carbonyl (C=O) groups excluding carboxylic acids is 3. The van der Waals surface area contributed by atoms with Crippen molar-refractivity contribution in [2.75, 3.05) is 31.5 Å². The van der Waals surface area contributed by atoms with Crippen LogP contribution in [0, 0.1) is 5.41 Å². The Labute approximate surface area is 161 Å². The van der Waals surface area contributed by atoms with Crippen LogP contribution in [-0.4, -0.2) is 53.7 Å². The summed E-state index contributed by atoms with van der Waals surface area (Å²) in [6.07, 6.45) is 0.670. The third-order valence-electron chi connectivity index (χ3n) is 4.74. The van der Waals surface area contributed by atoms with Gasteiger partial charge in [-0.2, -0.15) is 0 Å². The molecule has 0 unspecified atom stereocenters. The van der Waals surface area contributed by atoms with Crippen molar-refractivity contribution in [1.29, 1.82) is 0 Å². The number of nitrogens with zero attached hydrogens (tertiary/aromatic N) is 2. The van der Waals surface area contributed by atoms with Crippen molar-refractivity contribution in [3.05, 3.63) is 29.8 Å². The molecule has 1 aromatic carbocycles. The van der Waals surface area contributed by atoms with E-state index in [2.05, 4.69) is 5.32 Å². The van der Waals surface area contributed by atoms with Gasteiger partial charge in [-0.05, 0) is 24.0 Å². The fourth-order valence-corrected chi connectivity index (χ4v) is 3.23. The number of anilines is 1. The molecule has 1 fully saturated rings. The average molecular weight is 373 g/mol. The molecule has 0 aliphatic carbocycles. The first-order chi connectivity index (χ1) is 12.6. The Morgan fingerprint density at radius 3 is 2.19 bits per heavy atom. The van der Waals surface area contributed by atoms with Gasteiger partial charge in [0.25, 0.3) is 0 Å². The van der Waals surface area contributed by atoms with E-state index in [4.69, 9.17) is 0 Å². The highest BCUT2D eigenvalue weighted by atomic mass is 16.2. The van der Waals surface area contributed by atoms with E-state index in [9.17, 15) is 14.4 Å². The van der Waals surface area contributed by atoms with Crippen LogP contribution in [0.2, 0.25) is 0 Å². The second-order valence-corrected chi connectivity index (χ2v) is 8.38. The molecular weight excluding hydrogens is 342 g/mol. The van der Waals surface area contributed by atoms with Crippen LogP contribution in [0.3, 0.4) is 0 Å². The highest BCUT2D eigenvalue weighted by molar-refractivity contribution is 6.39. The molecule has 0 radical (unpaired) electrons. The summed E-state index contributed by atoms with van der Waals surface area (Å²) in [7, 11) is 0. The summed E-state index contributed by atoms with van der Waals surface area (Å²) in [5.74, 6) is -0.851. The fourth-order valence-electron chi connectivity index (χ4n) is 3.23. The molecule has 1 aromatic rings. The van der Waals surface area contributed by atoms with Gasteiger partial charge in [0.15, 0.2) is 0 Å². The lowest BCUT2D eigenvalue weighted by Gasteiger charge is -2.28. The van der Waals surface area contributed by atoms with Crippen LogP contribution in [0.5, 0.6) is 0 Å². The number of hydrogen-bond donors (Lipinski definition) is 1. The molecule has 27 heavy (non-hydrogen) atoms. The van der Waals surface area contributed by atoms with Crippen LogP contribution in [0.4, 0.5) is 5.69 Å². The minimum atomic E-state index is -0.626. The quantitative estimate of drug-likeness (QED) is 0.811. The molecule has 1 aliphatic rings. The van der Waals surface area contributed by atoms with Crippen molar-refractivity contribution in [3.63, 3.8) is 0 Å². The second-order valence-electron chi connectivity index (χ2n) is 8.38. The van der Waals surface area contributed by atoms with E-state index in [1.807, 2.05) is 58.9 Å². The molecule has 148 valence electrons. The first kappa shape index (κ1) is 20.9. The molecule has 0 atom stereocenters. The van der Waals surface area contributed by atoms with Gasteiger partial charge in [-0.3, -0.25) is 14.4 Å². The van der Waals surface area contributed by atoms with E-state index >= 15 is 0 Å². The van der Waals surface area contributed by atoms with Crippen LogP contribution in [-0.2, 0) is 14.4 Å². The molecule has 0 bridgehead atoms. The first-order valence-electron chi connectivity index (χ1n) is 9.60. The molecular formula is C21H31N3O3. The molecule has 1 aliphatic heterocycles. The molecule has 0 spiro atoms. The summed E-state index contributed by atoms with van der Waals surface area (Å²) in [6.45, 7) is 11.7. The highest BCUT2D eigenvalue weighted by Crippen LogP contribution is 2.24. The van der Waals surface area contributed by atoms with Gasteiger partial charge in [-0.25, -0.2) is 0 Å². The van der Waals surface area contributed by atoms with Crippen LogP contribution in [0.15, 0.2) is 24.3 Å². The summed E-state index contributed by atoms with van der Waals surface area (Å²) in [5.41, 5.74) is 1.22. The number of nitrogens with one attached hydrogen (secondary N) is 1. The normalized spacial score (nSPS) is 15.5. The molecule has 1 saturated heterocycles. The molecule has 0 saturated carbocycles. The summed E-state index contributed by atoms with van der Waals surface area (Å²) >= 11 is 0. The lowest BCUT2D eigenvalue weighted by molar-refractivity contribution is -0.143. The number of amides is 3. The van der Waals surface area contributed by atoms with E-state index in [0.717, 1.165) is 5.56 Å². The van der Waals surface area contributed by atoms with E-state index < -0.39 is 17.2 Å². The van der Waals surface area contributed by atoms with Crippen LogP contribution in [0.25, 0.3) is 0 Å². The number of carbonyl (C=O) groups is 3. The Hall–Kier alpha value is -2.37. The summed E-state index contributed by atoms with van der Waals surface area (Å²) < 4.78 is 0. The van der Waals surface area contributed by atoms with Gasteiger partial charge in [0.2, 0.25) is 5.91 Å². The third-order valence-corrected chi connectivity index (χ3v) is 4.74. The number of rotatable bonds is 2. The Balaban J connectivity index is 2.02. The lowest BCUT2D eigenvalue weighted by atomic mass is 9.94. The zero-order valence-electron chi connectivity index (χ0n) is 17.0. The highest BCUT2D eigenvalue weighted by Gasteiger charge is 2.31. The molecule has 1 N–H and O–H groups in total. The molecule has 0 aromatic heterocycles. The van der Waals surface area contributed by atoms with E-state index in [-0.39, 0.29) is 11.8 Å². The van der Waals surface area contributed by atoms with Gasteiger partial charge >= 0.3 is 11.8 Å². The van der Waals surface area contributed by atoms with Gasteiger partial charge in [-0.15, -0.1) is 0 Å². The minimum absolute atomic E-state index is 0.0760. The van der Waals surface area contributed by atoms with Crippen LogP contribution in [0.1, 0.15) is 52.5 Å². The van der Waals surface area contributed by atoms with Crippen molar-refractivity contribution in [2.24, 2.45) is 5.41 Å². The monoisotopic (exact) mass is 373 g/mol. The summed E-state index contributed by atoms with van der Waals surface area (Å²) in [6, 6.07) is 7.52. The smallest absolute Gasteiger partial charge is 0.313 e. The largest absolute Gasteiger partial charge is 0.340 e. The molecule has 6 heteroatoms. The average Bonchev–Trinajstić information content (AvgIpc) is 2.85. The third kappa shape index (κ3) is 5.31. The van der Waals surface area contributed by atoms with Crippen molar-refractivity contribution >= 4 is 23.4 Å². The van der Waals surface area contributed by atoms with E-state index in [0.29, 0.717) is 38.3 Å². The Bertz CT molecular complexity index is 707. The second kappa shape index (κ2) is 8.55. The molecule has 6 nitrogen and oxygen atoms in total. The minimum Gasteiger partial charge on any atom is -0.340 e. The molecule has 3 amide bonds. The van der Waals surface area contributed by atoms with Crippen molar-refractivity contribution in [3.8, 4) is 0 Å². The van der Waals surface area contributed by atoms with Crippen molar-refractivity contribution in [2.45, 2.75) is 47.0 Å². The molecule has 2 rings (SSSR count). The standard InChI is InChI=1S/C21H31N3O3/c1-15(2)16-9-6-7-10-17(16)22-18(25)19(26)23-11-8-12-24(14-13-23)20(27)21(3,4)5/h6-7,9-10,15H,8,11-14H2,1-5H3,(H,22,25). The number of hydrogen-bond acceptors (Lipinski definition) is 3. The fraction of sp³-hybridized carbons (Fsp3) is 0.571. The topological polar surface area (TPSA) is 69.7 Å². The Morgan fingerprint density at radius 2 is 1.56 bits per heavy atom. The zero-order chi connectivity index (χ0) is 20.2. The van der Waals surface area contributed by atoms with Gasteiger partial charge < -0.3 is 15.1 Å². The maximum absolute atomic E-state index is 12.6. The van der Waals surface area contributed by atoms with Crippen LogP contribution < -0.4 is 5.32 Å². The van der Waals surface area contributed by atoms with Gasteiger partial charge in [0.1, 0.15) is 0 Å². The zero-order valence-corrected chi connectivity index (χ0v) is 17.0. The molecule has 1 heterocycles. The maximum Gasteiger partial charge on any atom is 0.313 e. The summed E-state index contributed by atoms with van der Waals surface area (Å²) in [4.78, 5) is 40.9. The number of para-hydroxylation sites is 1. The van der Waals surface area contributed by atoms with Gasteiger partial charge in [0.05, 0.1) is 0 Å². The lowest BCUT2D eigenvalue weighted by Crippen LogP contribution is -2.44. The summed E-state index contributed by atoms with van der Waals surface area (Å²) in [5, 5.41) is 2.76. The number of benzene rings is 1. The predicted molar refractivity (Wildman–Crippen MR) is 106 cm³/mol. The van der Waals surface area contributed by atoms with E-state index in [1.54, 1.807) is 9.80 Å². The first-order valence-corrected chi connectivity index (χ1v) is 9.60. The van der Waals surface area contributed by atoms with E-state index in [1.165, 1.54) is 0 Å². The van der Waals surface area contributed by atoms with Gasteiger partial charge in [0, 0.05) is 37.3 Å². The predicted octanol–water partition coefficient (Wildman–Crippen LogP) is 2.86. The maximum atomic E-state index is 12.6. The Morgan fingerprint density at radius 1 is 0.963 bits per heavy atom.